The van der Waals surface area contributed by atoms with Gasteiger partial charge in [-0.2, -0.15) is 0 Å². The zero-order chi connectivity index (χ0) is 29.5. The highest BCUT2D eigenvalue weighted by Crippen LogP contribution is 2.39. The Balaban J connectivity index is 1.30. The van der Waals surface area contributed by atoms with E-state index in [0.717, 1.165) is 39.5 Å². The van der Waals surface area contributed by atoms with E-state index in [0.29, 0.717) is 0 Å². The summed E-state index contributed by atoms with van der Waals surface area (Å²) >= 11 is 0. The molecule has 0 amide bonds. The second-order valence-electron chi connectivity index (χ2n) is 11.1. The van der Waals surface area contributed by atoms with Gasteiger partial charge in [0, 0.05) is 53.3 Å². The lowest BCUT2D eigenvalue weighted by Crippen LogP contribution is -2.10. The average Bonchev–Trinajstić information content (AvgIpc) is 3.33. The summed E-state index contributed by atoms with van der Waals surface area (Å²) in [6.45, 7) is 2.11. The van der Waals surface area contributed by atoms with Crippen LogP contribution in [0.4, 0.5) is 32.8 Å². The quantitative estimate of drug-likeness (QED) is 0.200. The van der Waals surface area contributed by atoms with E-state index in [-0.39, 0.29) is 5.82 Å². The van der Waals surface area contributed by atoms with Crippen LogP contribution in [0.15, 0.2) is 140 Å². The monoisotopic (exact) mass is 561 g/mol. The zero-order valence-corrected chi connectivity index (χ0v) is 24.5. The number of hydrogen-bond acceptors (Lipinski definition) is 2. The van der Waals surface area contributed by atoms with Crippen molar-refractivity contribution < 1.29 is 4.39 Å². The maximum Gasteiger partial charge on any atom is 0.123 e. The Bertz CT molecular complexity index is 2040. The highest BCUT2D eigenvalue weighted by Gasteiger charge is 2.17. The van der Waals surface area contributed by atoms with Crippen molar-refractivity contribution >= 4 is 50.2 Å². The van der Waals surface area contributed by atoms with Crippen LogP contribution in [0.1, 0.15) is 5.56 Å². The summed E-state index contributed by atoms with van der Waals surface area (Å²) in [5, 5.41) is 2.41. The first kappa shape index (κ1) is 26.5. The molecule has 1 aromatic heterocycles. The smallest absolute Gasteiger partial charge is 0.123 e. The van der Waals surface area contributed by atoms with E-state index in [2.05, 4.69) is 144 Å². The van der Waals surface area contributed by atoms with Gasteiger partial charge in [0.05, 0.1) is 11.0 Å². The third kappa shape index (κ3) is 4.91. The molecule has 4 heteroatoms. The van der Waals surface area contributed by atoms with Gasteiger partial charge in [-0.3, -0.25) is 0 Å². The van der Waals surface area contributed by atoms with Crippen LogP contribution in [0.25, 0.3) is 32.9 Å². The molecule has 0 saturated carbocycles. The van der Waals surface area contributed by atoms with Gasteiger partial charge in [0.1, 0.15) is 5.82 Å². The second kappa shape index (κ2) is 10.8. The van der Waals surface area contributed by atoms with Crippen LogP contribution in [-0.4, -0.2) is 11.6 Å². The van der Waals surface area contributed by atoms with Gasteiger partial charge in [-0.25, -0.2) is 4.39 Å². The Morgan fingerprint density at radius 3 is 1.63 bits per heavy atom. The summed E-state index contributed by atoms with van der Waals surface area (Å²) in [4.78, 5) is 4.39. The lowest BCUT2D eigenvalue weighted by atomic mass is 10.0. The Hall–Kier alpha value is -5.35. The third-order valence-corrected chi connectivity index (χ3v) is 8.36. The summed E-state index contributed by atoms with van der Waals surface area (Å²) in [7, 11) is 4.14. The minimum atomic E-state index is -0.233. The molecule has 6 aromatic carbocycles. The van der Waals surface area contributed by atoms with Gasteiger partial charge in [0.15, 0.2) is 0 Å². The van der Waals surface area contributed by atoms with Crippen molar-refractivity contribution in [2.24, 2.45) is 7.05 Å². The number of benzene rings is 6. The number of anilines is 5. The van der Waals surface area contributed by atoms with Crippen LogP contribution in [0.5, 0.6) is 0 Å². The number of hydrogen-bond donors (Lipinski definition) is 0. The molecule has 0 aliphatic rings. The van der Waals surface area contributed by atoms with E-state index >= 15 is 0 Å². The van der Waals surface area contributed by atoms with Crippen LogP contribution in [0.3, 0.4) is 0 Å². The maximum absolute atomic E-state index is 13.5. The summed E-state index contributed by atoms with van der Waals surface area (Å²) < 4.78 is 15.8. The predicted molar refractivity (Wildman–Crippen MR) is 180 cm³/mol. The summed E-state index contributed by atoms with van der Waals surface area (Å²) in [5.41, 5.74) is 11.3. The molecule has 0 unspecified atom stereocenters. The first-order chi connectivity index (χ1) is 21.0. The van der Waals surface area contributed by atoms with Gasteiger partial charge in [-0.15, -0.1) is 0 Å². The van der Waals surface area contributed by atoms with Crippen molar-refractivity contribution in [2.75, 3.05) is 16.8 Å². The molecule has 43 heavy (non-hydrogen) atoms. The summed E-state index contributed by atoms with van der Waals surface area (Å²) in [6.07, 6.45) is 0. The first-order valence-electron chi connectivity index (χ1n) is 14.5. The number of aryl methyl sites for hydroxylation is 2. The molecule has 0 radical (unpaired) electrons. The standard InChI is InChI=1S/C39H32FN3/c1-27-9-11-28(12-10-27)29-13-17-33(18-14-29)43(32-7-5-4-6-8-32)35-22-24-37-36-23-21-34(25-38(36)42(3)39(37)26-35)41(2)31-19-15-30(40)16-20-31/h4-26H,1-3H3. The fourth-order valence-corrected chi connectivity index (χ4v) is 5.92. The van der Waals surface area contributed by atoms with E-state index in [4.69, 9.17) is 0 Å². The zero-order valence-electron chi connectivity index (χ0n) is 24.5. The molecule has 0 atom stereocenters. The van der Waals surface area contributed by atoms with Crippen molar-refractivity contribution in [3.05, 3.63) is 151 Å². The molecule has 0 spiro atoms. The van der Waals surface area contributed by atoms with Gasteiger partial charge in [0.2, 0.25) is 0 Å². The van der Waals surface area contributed by atoms with Crippen LogP contribution in [0, 0.1) is 12.7 Å². The fraction of sp³-hybridized carbons (Fsp3) is 0.0769. The average molecular weight is 562 g/mol. The van der Waals surface area contributed by atoms with Crippen molar-refractivity contribution in [3.63, 3.8) is 0 Å². The Kier molecular flexibility index (Phi) is 6.67. The van der Waals surface area contributed by atoms with Crippen molar-refractivity contribution in [1.82, 2.24) is 4.57 Å². The summed E-state index contributed by atoms with van der Waals surface area (Å²) in [6, 6.07) is 47.8. The molecule has 7 rings (SSSR count). The molecule has 1 heterocycles. The van der Waals surface area contributed by atoms with Crippen LogP contribution in [0.2, 0.25) is 0 Å². The van der Waals surface area contributed by atoms with Crippen molar-refractivity contribution in [2.45, 2.75) is 6.92 Å². The molecule has 0 N–H and O–H groups in total. The minimum absolute atomic E-state index is 0.233. The molecule has 0 saturated heterocycles. The van der Waals surface area contributed by atoms with Crippen molar-refractivity contribution in [1.29, 1.82) is 0 Å². The number of fused-ring (bicyclic) bond motifs is 3. The van der Waals surface area contributed by atoms with Gasteiger partial charge in [-0.1, -0.05) is 72.3 Å². The normalized spacial score (nSPS) is 11.3. The second-order valence-corrected chi connectivity index (χ2v) is 11.1. The predicted octanol–water partition coefficient (Wildman–Crippen LogP) is 10.7. The molecule has 210 valence electrons. The fourth-order valence-electron chi connectivity index (χ4n) is 5.92. The van der Waals surface area contributed by atoms with Gasteiger partial charge in [0.25, 0.3) is 0 Å². The molecule has 0 fully saturated rings. The Labute approximate surface area is 251 Å². The maximum atomic E-state index is 13.5. The van der Waals surface area contributed by atoms with Gasteiger partial charge >= 0.3 is 0 Å². The number of halogens is 1. The van der Waals surface area contributed by atoms with Crippen molar-refractivity contribution in [3.8, 4) is 11.1 Å². The molecule has 3 nitrogen and oxygen atoms in total. The molecule has 0 aliphatic carbocycles. The van der Waals surface area contributed by atoms with Crippen LogP contribution in [-0.2, 0) is 7.05 Å². The molecular formula is C39H32FN3. The Morgan fingerprint density at radius 2 is 1.00 bits per heavy atom. The number of para-hydroxylation sites is 1. The topological polar surface area (TPSA) is 11.4 Å². The highest BCUT2D eigenvalue weighted by molar-refractivity contribution is 6.10. The van der Waals surface area contributed by atoms with E-state index in [1.807, 2.05) is 7.05 Å². The van der Waals surface area contributed by atoms with Crippen LogP contribution >= 0.6 is 0 Å². The van der Waals surface area contributed by atoms with E-state index in [1.165, 1.54) is 39.6 Å². The van der Waals surface area contributed by atoms with E-state index < -0.39 is 0 Å². The van der Waals surface area contributed by atoms with Gasteiger partial charge in [-0.05, 0) is 90.8 Å². The lowest BCUT2D eigenvalue weighted by molar-refractivity contribution is 0.628. The van der Waals surface area contributed by atoms with Crippen LogP contribution < -0.4 is 9.80 Å². The number of rotatable bonds is 6. The van der Waals surface area contributed by atoms with E-state index in [9.17, 15) is 4.39 Å². The molecular weight excluding hydrogens is 529 g/mol. The van der Waals surface area contributed by atoms with E-state index in [1.54, 1.807) is 12.1 Å². The molecule has 0 aliphatic heterocycles. The molecule has 7 aromatic rings. The first-order valence-corrected chi connectivity index (χ1v) is 14.5. The molecule has 0 bridgehead atoms. The largest absolute Gasteiger partial charge is 0.345 e. The Morgan fingerprint density at radius 1 is 0.512 bits per heavy atom. The minimum Gasteiger partial charge on any atom is -0.345 e. The van der Waals surface area contributed by atoms with Gasteiger partial charge < -0.3 is 14.4 Å². The highest BCUT2D eigenvalue weighted by atomic mass is 19.1. The lowest BCUT2D eigenvalue weighted by Gasteiger charge is -2.26. The number of aromatic nitrogens is 1. The third-order valence-electron chi connectivity index (χ3n) is 8.36. The summed E-state index contributed by atoms with van der Waals surface area (Å²) in [5.74, 6) is -0.233. The SMILES string of the molecule is Cc1ccc(-c2ccc(N(c3ccccc3)c3ccc4c5ccc(N(C)c6ccc(F)cc6)cc5n(C)c4c3)cc2)cc1. The number of nitrogens with zero attached hydrogens (tertiary/aromatic N) is 3.